The van der Waals surface area contributed by atoms with Gasteiger partial charge in [-0.05, 0) is 0 Å². The summed E-state index contributed by atoms with van der Waals surface area (Å²) in [7, 11) is 2.05. The third-order valence-electron chi connectivity index (χ3n) is 1.63. The summed E-state index contributed by atoms with van der Waals surface area (Å²) < 4.78 is 0. The molecule has 0 rings (SSSR count). The average molecular weight is 238 g/mol. The van der Waals surface area contributed by atoms with Crippen LogP contribution in [0, 0.1) is 0 Å². The number of hydrogen-bond donors (Lipinski definition) is 1. The molecule has 3 heteroatoms. The fraction of sp³-hybridized carbons (Fsp3) is 1.00. The normalized spacial score (nSPS) is 13.9. The van der Waals surface area contributed by atoms with Gasteiger partial charge in [0.15, 0.2) is 0 Å². The van der Waals surface area contributed by atoms with E-state index in [2.05, 4.69) is 23.9 Å². The SMILES string of the molecule is CCC(O)CS[As](CC)CC. The standard InChI is InChI=1S/C8H19AsOS/c1-4-8(10)7-11-9(5-2)6-3/h8,10H,4-7H2,1-3H3. The van der Waals surface area contributed by atoms with E-state index >= 15 is 0 Å². The fourth-order valence-electron chi connectivity index (χ4n) is 0.715. The first-order valence-electron chi connectivity index (χ1n) is 4.30. The Morgan fingerprint density at radius 2 is 1.82 bits per heavy atom. The molecule has 1 atom stereocenters. The van der Waals surface area contributed by atoms with Crippen molar-refractivity contribution in [1.29, 1.82) is 0 Å². The maximum absolute atomic E-state index is 9.30. The summed E-state index contributed by atoms with van der Waals surface area (Å²) in [5.74, 6) is 0.970. The second-order valence-corrected chi connectivity index (χ2v) is 12.0. The number of aliphatic hydroxyl groups excluding tert-OH is 1. The van der Waals surface area contributed by atoms with Crippen LogP contribution >= 0.6 is 10.0 Å². The van der Waals surface area contributed by atoms with Crippen LogP contribution in [0.3, 0.4) is 0 Å². The van der Waals surface area contributed by atoms with Crippen molar-refractivity contribution in [3.05, 3.63) is 0 Å². The molecule has 0 spiro atoms. The summed E-state index contributed by atoms with van der Waals surface area (Å²) in [4.78, 5) is 0. The second kappa shape index (κ2) is 7.51. The summed E-state index contributed by atoms with van der Waals surface area (Å²) in [6, 6.07) is 0. The molecule has 1 N–H and O–H groups in total. The van der Waals surface area contributed by atoms with Gasteiger partial charge in [-0.3, -0.25) is 0 Å². The molecule has 0 aromatic carbocycles. The van der Waals surface area contributed by atoms with Crippen LogP contribution in [0.15, 0.2) is 0 Å². The molecule has 0 saturated carbocycles. The van der Waals surface area contributed by atoms with Gasteiger partial charge in [0.05, 0.1) is 0 Å². The van der Waals surface area contributed by atoms with E-state index in [1.807, 2.05) is 6.92 Å². The van der Waals surface area contributed by atoms with Crippen molar-refractivity contribution in [3.63, 3.8) is 0 Å². The number of rotatable bonds is 6. The van der Waals surface area contributed by atoms with Crippen LogP contribution in [-0.4, -0.2) is 30.5 Å². The predicted molar refractivity (Wildman–Crippen MR) is 55.5 cm³/mol. The van der Waals surface area contributed by atoms with Crippen molar-refractivity contribution in [2.24, 2.45) is 0 Å². The summed E-state index contributed by atoms with van der Waals surface area (Å²) >= 11 is -0.568. The van der Waals surface area contributed by atoms with Gasteiger partial charge in [-0.25, -0.2) is 0 Å². The van der Waals surface area contributed by atoms with Crippen molar-refractivity contribution >= 4 is 23.5 Å². The van der Waals surface area contributed by atoms with Gasteiger partial charge in [0, 0.05) is 0 Å². The summed E-state index contributed by atoms with van der Waals surface area (Å²) in [5, 5.41) is 12.0. The van der Waals surface area contributed by atoms with Gasteiger partial charge in [-0.1, -0.05) is 0 Å². The van der Waals surface area contributed by atoms with Crippen LogP contribution in [0.2, 0.25) is 10.4 Å². The second-order valence-electron chi connectivity index (χ2n) is 2.47. The molecule has 1 unspecified atom stereocenters. The quantitative estimate of drug-likeness (QED) is 0.717. The van der Waals surface area contributed by atoms with Crippen LogP contribution in [-0.2, 0) is 0 Å². The zero-order valence-corrected chi connectivity index (χ0v) is 10.4. The van der Waals surface area contributed by atoms with E-state index in [-0.39, 0.29) is 6.10 Å². The van der Waals surface area contributed by atoms with Crippen LogP contribution in [0.25, 0.3) is 0 Å². The van der Waals surface area contributed by atoms with E-state index in [0.29, 0.717) is 0 Å². The van der Waals surface area contributed by atoms with Crippen molar-refractivity contribution in [2.45, 2.75) is 43.7 Å². The molecule has 0 aliphatic rings. The predicted octanol–water partition coefficient (Wildman–Crippen LogP) is 2.52. The molecule has 0 radical (unpaired) electrons. The van der Waals surface area contributed by atoms with Crippen molar-refractivity contribution in [3.8, 4) is 0 Å². The molecule has 0 aromatic heterocycles. The minimum absolute atomic E-state index is 0.0602. The maximum atomic E-state index is 9.30. The van der Waals surface area contributed by atoms with Gasteiger partial charge in [-0.2, -0.15) is 0 Å². The zero-order chi connectivity index (χ0) is 8.69. The average Bonchev–Trinajstić information content (AvgIpc) is 2.06. The summed E-state index contributed by atoms with van der Waals surface area (Å²) in [6.45, 7) is 6.59. The van der Waals surface area contributed by atoms with E-state index < -0.39 is 13.5 Å². The molecule has 1 nitrogen and oxygen atoms in total. The first-order chi connectivity index (χ1) is 5.24. The molecule has 0 aliphatic heterocycles. The van der Waals surface area contributed by atoms with Gasteiger partial charge in [-0.15, -0.1) is 0 Å². The molecule has 0 fully saturated rings. The fourth-order valence-corrected chi connectivity index (χ4v) is 7.35. The minimum atomic E-state index is -0.568. The summed E-state index contributed by atoms with van der Waals surface area (Å²) in [5.41, 5.74) is 0. The van der Waals surface area contributed by atoms with Gasteiger partial charge < -0.3 is 0 Å². The zero-order valence-electron chi connectivity index (χ0n) is 7.71. The van der Waals surface area contributed by atoms with Crippen LogP contribution in [0.5, 0.6) is 0 Å². The molecule has 68 valence electrons. The van der Waals surface area contributed by atoms with Gasteiger partial charge in [0.2, 0.25) is 0 Å². The van der Waals surface area contributed by atoms with E-state index in [4.69, 9.17) is 0 Å². The first-order valence-corrected chi connectivity index (χ1v) is 10.2. The molecular weight excluding hydrogens is 219 g/mol. The van der Waals surface area contributed by atoms with Crippen molar-refractivity contribution < 1.29 is 5.11 Å². The number of hydrogen-bond acceptors (Lipinski definition) is 2. The first kappa shape index (κ1) is 11.9. The van der Waals surface area contributed by atoms with Crippen LogP contribution in [0.1, 0.15) is 27.2 Å². The molecule has 0 amide bonds. The van der Waals surface area contributed by atoms with E-state index in [1.165, 1.54) is 10.4 Å². The Hall–Kier alpha value is 0.868. The third-order valence-corrected chi connectivity index (χ3v) is 11.4. The van der Waals surface area contributed by atoms with Gasteiger partial charge in [0.25, 0.3) is 0 Å². The Morgan fingerprint density at radius 1 is 1.27 bits per heavy atom. The monoisotopic (exact) mass is 238 g/mol. The Bertz CT molecular complexity index is 86.2. The van der Waals surface area contributed by atoms with Gasteiger partial charge >= 0.3 is 78.1 Å². The van der Waals surface area contributed by atoms with Crippen molar-refractivity contribution in [1.82, 2.24) is 0 Å². The molecule has 0 saturated heterocycles. The topological polar surface area (TPSA) is 20.2 Å². The molecular formula is C8H19AsOS. The van der Waals surface area contributed by atoms with E-state index in [0.717, 1.165) is 12.2 Å². The van der Waals surface area contributed by atoms with E-state index in [9.17, 15) is 5.11 Å². The molecule has 0 aromatic rings. The van der Waals surface area contributed by atoms with Crippen molar-refractivity contribution in [2.75, 3.05) is 5.75 Å². The van der Waals surface area contributed by atoms with Gasteiger partial charge in [0.1, 0.15) is 0 Å². The molecule has 0 aliphatic carbocycles. The molecule has 0 heterocycles. The van der Waals surface area contributed by atoms with E-state index in [1.54, 1.807) is 0 Å². The van der Waals surface area contributed by atoms with Crippen LogP contribution < -0.4 is 0 Å². The number of aliphatic hydroxyl groups is 1. The molecule has 11 heavy (non-hydrogen) atoms. The third kappa shape index (κ3) is 6.07. The Morgan fingerprint density at radius 3 is 2.18 bits per heavy atom. The Balaban J connectivity index is 3.34. The Kier molecular flexibility index (Phi) is 8.11. The van der Waals surface area contributed by atoms with Crippen LogP contribution in [0.4, 0.5) is 0 Å². The Labute approximate surface area is 78.2 Å². The summed E-state index contributed by atoms with van der Waals surface area (Å²) in [6.07, 6.45) is 0.845. The molecule has 0 bridgehead atoms.